The molecule has 0 aromatic rings. The predicted molar refractivity (Wildman–Crippen MR) is 70.6 cm³/mol. The van der Waals surface area contributed by atoms with Crippen molar-refractivity contribution in [1.82, 2.24) is 0 Å². The summed E-state index contributed by atoms with van der Waals surface area (Å²) < 4.78 is 28.8. The zero-order chi connectivity index (χ0) is 13.0. The van der Waals surface area contributed by atoms with Gasteiger partial charge in [-0.15, -0.1) is 0 Å². The van der Waals surface area contributed by atoms with E-state index in [2.05, 4.69) is 38.5 Å². The van der Waals surface area contributed by atoms with Gasteiger partial charge in [0.1, 0.15) is 0 Å². The van der Waals surface area contributed by atoms with Crippen LogP contribution in [-0.4, -0.2) is 36.4 Å². The molecule has 0 aromatic heterocycles. The molecule has 94 valence electrons. The Labute approximate surface area is 110 Å². The van der Waals surface area contributed by atoms with Gasteiger partial charge in [0.15, 0.2) is 0 Å². The van der Waals surface area contributed by atoms with Crippen LogP contribution >= 0.6 is 0 Å². The molecule has 0 aromatic carbocycles. The van der Waals surface area contributed by atoms with E-state index in [4.69, 9.17) is 4.55 Å². The summed E-state index contributed by atoms with van der Waals surface area (Å²) in [7, 11) is -3.71. The van der Waals surface area contributed by atoms with E-state index in [9.17, 15) is 8.42 Å². The molecule has 5 heteroatoms. The third-order valence-corrected chi connectivity index (χ3v) is 3.13. The molecule has 0 saturated carbocycles. The van der Waals surface area contributed by atoms with Gasteiger partial charge in [-0.1, -0.05) is 27.2 Å². The standard InChI is InChI=1S/C6H13O3S.C5H12.Li/c1-2-3-4-5-6-10(7,8)9;1-4-5(2)3;/h1-6H2,(H,7,8,9);5H,4H2,1-3H3;. The molecule has 0 fully saturated rings. The summed E-state index contributed by atoms with van der Waals surface area (Å²) in [6.45, 7) is 6.64. The van der Waals surface area contributed by atoms with E-state index >= 15 is 0 Å². The van der Waals surface area contributed by atoms with Crippen LogP contribution in [0.1, 0.15) is 52.9 Å². The van der Waals surface area contributed by atoms with E-state index in [-0.39, 0.29) is 5.75 Å². The molecular weight excluding hydrogens is 219 g/mol. The van der Waals surface area contributed by atoms with Crippen molar-refractivity contribution in [2.24, 2.45) is 5.92 Å². The van der Waals surface area contributed by atoms with Crippen LogP contribution in [0.4, 0.5) is 0 Å². The zero-order valence-corrected chi connectivity index (χ0v) is 12.0. The molecular formula is C11H25LiO3S. The second-order valence-electron chi connectivity index (χ2n) is 4.50. The number of unbranched alkanes of at least 4 members (excludes halogenated alkanes) is 3. The van der Waals surface area contributed by atoms with Crippen molar-refractivity contribution < 1.29 is 13.0 Å². The Kier molecular flexibility index (Phi) is 14.1. The summed E-state index contributed by atoms with van der Waals surface area (Å²) >= 11 is 2.10. The van der Waals surface area contributed by atoms with Crippen molar-refractivity contribution in [3.8, 4) is 0 Å². The maximum absolute atomic E-state index is 10.2. The van der Waals surface area contributed by atoms with Crippen LogP contribution in [0.25, 0.3) is 0 Å². The minimum atomic E-state index is -3.71. The van der Waals surface area contributed by atoms with Crippen LogP contribution in [0, 0.1) is 5.92 Å². The van der Waals surface area contributed by atoms with Crippen molar-refractivity contribution in [2.75, 3.05) is 5.75 Å². The molecule has 16 heavy (non-hydrogen) atoms. The Morgan fingerprint density at radius 3 is 1.88 bits per heavy atom. The second kappa shape index (κ2) is 12.0. The monoisotopic (exact) mass is 244 g/mol. The molecule has 1 N–H and O–H groups in total. The van der Waals surface area contributed by atoms with Gasteiger partial charge >= 0.3 is 77.3 Å². The molecule has 0 bridgehead atoms. The van der Waals surface area contributed by atoms with Crippen LogP contribution in [0.5, 0.6) is 0 Å². The SMILES string of the molecule is CCC(C)C.[Li][CH2]CCCCCS(=O)(=O)O. The summed E-state index contributed by atoms with van der Waals surface area (Å²) in [4.78, 5) is 0. The van der Waals surface area contributed by atoms with E-state index in [1.54, 1.807) is 0 Å². The Morgan fingerprint density at radius 2 is 1.56 bits per heavy atom. The van der Waals surface area contributed by atoms with E-state index in [1.165, 1.54) is 6.42 Å². The molecule has 0 aliphatic heterocycles. The van der Waals surface area contributed by atoms with Gasteiger partial charge in [-0.25, -0.2) is 0 Å². The first-order chi connectivity index (χ1) is 7.33. The van der Waals surface area contributed by atoms with Gasteiger partial charge < -0.3 is 0 Å². The first-order valence-corrected chi connectivity index (χ1v) is 7.89. The summed E-state index contributed by atoms with van der Waals surface area (Å²) in [5, 5.41) is 1.14. The number of hydrogen-bond donors (Lipinski definition) is 1. The fraction of sp³-hybridized carbons (Fsp3) is 1.00. The fourth-order valence-corrected chi connectivity index (χ4v) is 1.46. The quantitative estimate of drug-likeness (QED) is 0.425. The third-order valence-electron chi connectivity index (χ3n) is 2.32. The molecule has 0 atom stereocenters. The van der Waals surface area contributed by atoms with E-state index < -0.39 is 10.1 Å². The molecule has 0 unspecified atom stereocenters. The Hall–Kier alpha value is 0.507. The fourth-order valence-electron chi connectivity index (χ4n) is 0.888. The molecule has 0 heterocycles. The van der Waals surface area contributed by atoms with Crippen LogP contribution in [-0.2, 0) is 10.1 Å². The van der Waals surface area contributed by atoms with Gasteiger partial charge in [0.2, 0.25) is 0 Å². The van der Waals surface area contributed by atoms with Crippen molar-refractivity contribution in [2.45, 2.75) is 58.0 Å². The zero-order valence-electron chi connectivity index (χ0n) is 11.2. The van der Waals surface area contributed by atoms with Gasteiger partial charge in [0, 0.05) is 0 Å². The van der Waals surface area contributed by atoms with Gasteiger partial charge in [0.25, 0.3) is 0 Å². The average molecular weight is 244 g/mol. The van der Waals surface area contributed by atoms with E-state index in [0.29, 0.717) is 6.42 Å². The Bertz CT molecular complexity index is 225. The minimum absolute atomic E-state index is 0.0866. The number of rotatable bonds is 7. The van der Waals surface area contributed by atoms with Gasteiger partial charge in [-0.2, -0.15) is 0 Å². The summed E-state index contributed by atoms with van der Waals surface area (Å²) in [5.74, 6) is 0.798. The summed E-state index contributed by atoms with van der Waals surface area (Å²) in [6, 6.07) is 0. The van der Waals surface area contributed by atoms with Crippen molar-refractivity contribution in [3.05, 3.63) is 0 Å². The molecule has 0 amide bonds. The van der Waals surface area contributed by atoms with Crippen LogP contribution in [0.3, 0.4) is 0 Å². The Morgan fingerprint density at radius 1 is 1.12 bits per heavy atom. The molecule has 0 aliphatic carbocycles. The molecule has 0 aliphatic rings. The van der Waals surface area contributed by atoms with Gasteiger partial charge in [0.05, 0.1) is 0 Å². The summed E-state index contributed by atoms with van der Waals surface area (Å²) in [6.07, 6.45) is 4.99. The number of hydrogen-bond acceptors (Lipinski definition) is 2. The predicted octanol–water partition coefficient (Wildman–Crippen LogP) is 3.07. The van der Waals surface area contributed by atoms with Crippen LogP contribution in [0.15, 0.2) is 0 Å². The Balaban J connectivity index is 0. The van der Waals surface area contributed by atoms with Crippen molar-refractivity contribution in [3.63, 3.8) is 0 Å². The first-order valence-electron chi connectivity index (χ1n) is 6.28. The molecule has 0 saturated heterocycles. The third kappa shape index (κ3) is 24.0. The first kappa shape index (κ1) is 18.9. The topological polar surface area (TPSA) is 54.4 Å². The summed E-state index contributed by atoms with van der Waals surface area (Å²) in [5.41, 5.74) is 0. The van der Waals surface area contributed by atoms with Gasteiger partial charge in [-0.05, 0) is 5.92 Å². The van der Waals surface area contributed by atoms with Crippen LogP contribution in [0.2, 0.25) is 5.09 Å². The van der Waals surface area contributed by atoms with Gasteiger partial charge in [-0.3, -0.25) is 0 Å². The molecule has 0 radical (unpaired) electrons. The maximum atomic E-state index is 10.2. The molecule has 0 spiro atoms. The van der Waals surface area contributed by atoms with Crippen LogP contribution < -0.4 is 0 Å². The van der Waals surface area contributed by atoms with Crippen molar-refractivity contribution >= 4 is 27.8 Å². The normalized spacial score (nSPS) is 11.2. The molecule has 0 rings (SSSR count). The second-order valence-corrected chi connectivity index (χ2v) is 6.07. The average Bonchev–Trinajstić information content (AvgIpc) is 2.17. The van der Waals surface area contributed by atoms with E-state index in [1.807, 2.05) is 0 Å². The van der Waals surface area contributed by atoms with E-state index in [0.717, 1.165) is 30.3 Å². The van der Waals surface area contributed by atoms with Crippen molar-refractivity contribution in [1.29, 1.82) is 0 Å². The molecule has 3 nitrogen and oxygen atoms in total.